The first kappa shape index (κ1) is 15.7. The van der Waals surface area contributed by atoms with E-state index in [1.807, 2.05) is 0 Å². The second-order valence-corrected chi connectivity index (χ2v) is 5.87. The minimum Gasteiger partial charge on any atom is -0.480 e. The van der Waals surface area contributed by atoms with Gasteiger partial charge in [-0.2, -0.15) is 0 Å². The molecule has 7 heteroatoms. The quantitative estimate of drug-likeness (QED) is 0.814. The molecule has 110 valence electrons. The Hall–Kier alpha value is -1.40. The largest absolute Gasteiger partial charge is 0.480 e. The molecule has 0 aliphatic heterocycles. The van der Waals surface area contributed by atoms with Gasteiger partial charge in [-0.3, -0.25) is 0 Å². The number of hydrogen-bond donors (Lipinski definition) is 2. The fourth-order valence-electron chi connectivity index (χ4n) is 1.93. The Morgan fingerprint density at radius 2 is 1.63 bits per heavy atom. The molecular formula is C12H19F2NO4. The number of ether oxygens (including phenoxy) is 1. The van der Waals surface area contributed by atoms with Crippen LogP contribution >= 0.6 is 0 Å². The van der Waals surface area contributed by atoms with E-state index in [4.69, 9.17) is 4.74 Å². The third kappa shape index (κ3) is 4.33. The molecule has 1 saturated carbocycles. The van der Waals surface area contributed by atoms with Gasteiger partial charge in [0, 0.05) is 12.8 Å². The van der Waals surface area contributed by atoms with Crippen LogP contribution in [0.1, 0.15) is 46.5 Å². The molecule has 0 aromatic rings. The summed E-state index contributed by atoms with van der Waals surface area (Å²) in [6, 6.07) is 0. The van der Waals surface area contributed by atoms with E-state index >= 15 is 0 Å². The van der Waals surface area contributed by atoms with Crippen LogP contribution in [-0.4, -0.2) is 34.2 Å². The second-order valence-electron chi connectivity index (χ2n) is 5.87. The van der Waals surface area contributed by atoms with Crippen molar-refractivity contribution >= 4 is 12.1 Å². The Kier molecular flexibility index (Phi) is 4.07. The molecule has 1 rings (SSSR count). The first-order chi connectivity index (χ1) is 8.46. The topological polar surface area (TPSA) is 75.6 Å². The van der Waals surface area contributed by atoms with Gasteiger partial charge in [-0.25, -0.2) is 18.4 Å². The summed E-state index contributed by atoms with van der Waals surface area (Å²) in [7, 11) is 0. The van der Waals surface area contributed by atoms with Crippen molar-refractivity contribution in [1.29, 1.82) is 0 Å². The molecule has 19 heavy (non-hydrogen) atoms. The van der Waals surface area contributed by atoms with Crippen molar-refractivity contribution in [3.8, 4) is 0 Å². The molecule has 0 bridgehead atoms. The zero-order chi connectivity index (χ0) is 14.9. The Morgan fingerprint density at radius 1 is 1.16 bits per heavy atom. The van der Waals surface area contributed by atoms with E-state index in [2.05, 4.69) is 5.32 Å². The molecular weight excluding hydrogens is 260 g/mol. The van der Waals surface area contributed by atoms with Crippen molar-refractivity contribution in [2.45, 2.75) is 63.5 Å². The Bertz CT molecular complexity index is 366. The van der Waals surface area contributed by atoms with Crippen molar-refractivity contribution in [2.24, 2.45) is 0 Å². The summed E-state index contributed by atoms with van der Waals surface area (Å²) in [5, 5.41) is 11.4. The summed E-state index contributed by atoms with van der Waals surface area (Å²) in [5.41, 5.74) is -2.44. The predicted octanol–water partition coefficient (Wildman–Crippen LogP) is 2.54. The number of carboxylic acids is 1. The van der Waals surface area contributed by atoms with Gasteiger partial charge in [-0.1, -0.05) is 0 Å². The van der Waals surface area contributed by atoms with Crippen LogP contribution in [0.25, 0.3) is 0 Å². The molecule has 1 aliphatic rings. The van der Waals surface area contributed by atoms with Crippen LogP contribution in [0.5, 0.6) is 0 Å². The van der Waals surface area contributed by atoms with Crippen LogP contribution in [0.15, 0.2) is 0 Å². The highest BCUT2D eigenvalue weighted by Crippen LogP contribution is 2.38. The van der Waals surface area contributed by atoms with Crippen molar-refractivity contribution < 1.29 is 28.2 Å². The molecule has 0 saturated heterocycles. The molecule has 0 unspecified atom stereocenters. The van der Waals surface area contributed by atoms with Gasteiger partial charge in [0.25, 0.3) is 0 Å². The molecule has 0 aromatic carbocycles. The summed E-state index contributed by atoms with van der Waals surface area (Å²) >= 11 is 0. The van der Waals surface area contributed by atoms with Crippen molar-refractivity contribution in [1.82, 2.24) is 5.32 Å². The number of halogens is 2. The highest BCUT2D eigenvalue weighted by molar-refractivity contribution is 5.84. The number of carbonyl (C=O) groups is 2. The minimum atomic E-state index is -2.87. The SMILES string of the molecule is CC(C)(C)OC(=O)NC1(C(=O)O)CCC(F)(F)CC1. The molecule has 0 heterocycles. The van der Waals surface area contributed by atoms with Crippen LogP contribution in [0, 0.1) is 0 Å². The number of aliphatic carboxylic acids is 1. The van der Waals surface area contributed by atoms with Gasteiger partial charge < -0.3 is 15.2 Å². The first-order valence-corrected chi connectivity index (χ1v) is 6.08. The van der Waals surface area contributed by atoms with Gasteiger partial charge in [-0.15, -0.1) is 0 Å². The average molecular weight is 279 g/mol. The molecule has 0 spiro atoms. The molecule has 5 nitrogen and oxygen atoms in total. The number of carboxylic acid groups (broad SMARTS) is 1. The molecule has 1 fully saturated rings. The van der Waals surface area contributed by atoms with E-state index in [0.717, 1.165) is 0 Å². The Balaban J connectivity index is 2.75. The summed E-state index contributed by atoms with van der Waals surface area (Å²) in [4.78, 5) is 22.9. The fraction of sp³-hybridized carbons (Fsp3) is 0.833. The predicted molar refractivity (Wildman–Crippen MR) is 63.2 cm³/mol. The number of rotatable bonds is 2. The van der Waals surface area contributed by atoms with Crippen LogP contribution in [0.3, 0.4) is 0 Å². The van der Waals surface area contributed by atoms with Gasteiger partial charge in [0.2, 0.25) is 5.92 Å². The van der Waals surface area contributed by atoms with E-state index in [-0.39, 0.29) is 12.8 Å². The molecule has 2 N–H and O–H groups in total. The number of alkyl halides is 2. The van der Waals surface area contributed by atoms with E-state index in [1.165, 1.54) is 0 Å². The molecule has 0 atom stereocenters. The van der Waals surface area contributed by atoms with Crippen molar-refractivity contribution in [2.75, 3.05) is 0 Å². The summed E-state index contributed by atoms with van der Waals surface area (Å²) in [5.74, 6) is -4.18. The monoisotopic (exact) mass is 279 g/mol. The van der Waals surface area contributed by atoms with E-state index in [0.29, 0.717) is 0 Å². The number of amides is 1. The molecule has 0 radical (unpaired) electrons. The maximum Gasteiger partial charge on any atom is 0.408 e. The van der Waals surface area contributed by atoms with Gasteiger partial charge in [0.15, 0.2) is 0 Å². The van der Waals surface area contributed by atoms with E-state index in [1.54, 1.807) is 20.8 Å². The summed E-state index contributed by atoms with van der Waals surface area (Å²) < 4.78 is 31.1. The summed E-state index contributed by atoms with van der Waals surface area (Å²) in [6.45, 7) is 4.90. The van der Waals surface area contributed by atoms with E-state index < -0.39 is 42.0 Å². The highest BCUT2D eigenvalue weighted by atomic mass is 19.3. The number of alkyl carbamates (subject to hydrolysis) is 1. The lowest BCUT2D eigenvalue weighted by molar-refractivity contribution is -0.150. The molecule has 1 aliphatic carbocycles. The third-order valence-electron chi connectivity index (χ3n) is 2.98. The maximum absolute atomic E-state index is 13.1. The molecule has 1 amide bonds. The third-order valence-corrected chi connectivity index (χ3v) is 2.98. The summed E-state index contributed by atoms with van der Waals surface area (Å²) in [6.07, 6.45) is -2.65. The minimum absolute atomic E-state index is 0.311. The zero-order valence-corrected chi connectivity index (χ0v) is 11.3. The van der Waals surface area contributed by atoms with Gasteiger partial charge in [-0.05, 0) is 33.6 Å². The smallest absolute Gasteiger partial charge is 0.408 e. The first-order valence-electron chi connectivity index (χ1n) is 6.08. The normalized spacial score (nSPS) is 21.5. The lowest BCUT2D eigenvalue weighted by Gasteiger charge is -2.37. The number of nitrogens with one attached hydrogen (secondary N) is 1. The second kappa shape index (κ2) is 4.94. The lowest BCUT2D eigenvalue weighted by Crippen LogP contribution is -2.58. The van der Waals surface area contributed by atoms with Crippen LogP contribution in [-0.2, 0) is 9.53 Å². The fourth-order valence-corrected chi connectivity index (χ4v) is 1.93. The van der Waals surface area contributed by atoms with Crippen molar-refractivity contribution in [3.63, 3.8) is 0 Å². The number of carbonyl (C=O) groups excluding carboxylic acids is 1. The van der Waals surface area contributed by atoms with Gasteiger partial charge in [0.05, 0.1) is 0 Å². The average Bonchev–Trinajstić information content (AvgIpc) is 2.18. The number of hydrogen-bond acceptors (Lipinski definition) is 3. The van der Waals surface area contributed by atoms with Crippen molar-refractivity contribution in [3.05, 3.63) is 0 Å². The van der Waals surface area contributed by atoms with Crippen LogP contribution in [0.4, 0.5) is 13.6 Å². The standard InChI is InChI=1S/C12H19F2NO4/c1-10(2,3)19-9(18)15-11(8(16)17)4-6-12(13,14)7-5-11/h4-7H2,1-3H3,(H,15,18)(H,16,17). The van der Waals surface area contributed by atoms with Crippen LogP contribution in [0.2, 0.25) is 0 Å². The van der Waals surface area contributed by atoms with Crippen LogP contribution < -0.4 is 5.32 Å². The van der Waals surface area contributed by atoms with Gasteiger partial charge >= 0.3 is 12.1 Å². The van der Waals surface area contributed by atoms with E-state index in [9.17, 15) is 23.5 Å². The Morgan fingerprint density at radius 3 is 2.00 bits per heavy atom. The Labute approximate surface area is 110 Å². The highest BCUT2D eigenvalue weighted by Gasteiger charge is 2.49. The maximum atomic E-state index is 13.1. The zero-order valence-electron chi connectivity index (χ0n) is 11.3. The van der Waals surface area contributed by atoms with Gasteiger partial charge in [0.1, 0.15) is 11.1 Å². The molecule has 0 aromatic heterocycles. The lowest BCUT2D eigenvalue weighted by atomic mass is 9.80.